The number of hydrogen-bond acceptors (Lipinski definition) is 5. The van der Waals surface area contributed by atoms with Crippen molar-refractivity contribution in [1.82, 2.24) is 10.2 Å². The summed E-state index contributed by atoms with van der Waals surface area (Å²) in [6.45, 7) is -0.293. The number of hydrogen-bond donors (Lipinski definition) is 1. The Hall–Kier alpha value is -3.48. The average molecular weight is 338 g/mol. The van der Waals surface area contributed by atoms with Crippen LogP contribution < -0.4 is 5.32 Å². The maximum absolute atomic E-state index is 12.1. The molecule has 0 fully saturated rings. The van der Waals surface area contributed by atoms with Crippen LogP contribution in [0.3, 0.4) is 0 Å². The average Bonchev–Trinajstić information content (AvgIpc) is 2.87. The lowest BCUT2D eigenvalue weighted by molar-refractivity contribution is 0.0599. The van der Waals surface area contributed by atoms with Crippen LogP contribution in [0.15, 0.2) is 54.6 Å². The van der Waals surface area contributed by atoms with Gasteiger partial charge in [-0.3, -0.25) is 24.6 Å². The minimum Gasteiger partial charge on any atom is -0.447 e. The van der Waals surface area contributed by atoms with Gasteiger partial charge < -0.3 is 4.74 Å². The molecule has 0 spiro atoms. The number of imide groups is 2. The summed E-state index contributed by atoms with van der Waals surface area (Å²) in [4.78, 5) is 48.7. The molecule has 1 aliphatic heterocycles. The van der Waals surface area contributed by atoms with Crippen LogP contribution in [0.1, 0.15) is 31.1 Å². The van der Waals surface area contributed by atoms with Crippen LogP contribution in [-0.4, -0.2) is 41.9 Å². The van der Waals surface area contributed by atoms with Gasteiger partial charge in [0.2, 0.25) is 0 Å². The third-order valence-electron chi connectivity index (χ3n) is 3.68. The van der Waals surface area contributed by atoms with Crippen molar-refractivity contribution in [1.29, 1.82) is 0 Å². The smallest absolute Gasteiger partial charge is 0.414 e. The van der Waals surface area contributed by atoms with E-state index in [-0.39, 0.29) is 13.2 Å². The highest BCUT2D eigenvalue weighted by Crippen LogP contribution is 2.21. The van der Waals surface area contributed by atoms with E-state index in [2.05, 4.69) is 5.32 Å². The molecule has 0 bridgehead atoms. The lowest BCUT2D eigenvalue weighted by atomic mass is 10.1. The lowest BCUT2D eigenvalue weighted by Gasteiger charge is -2.13. The highest BCUT2D eigenvalue weighted by atomic mass is 16.5. The van der Waals surface area contributed by atoms with E-state index in [0.717, 1.165) is 4.90 Å². The quantitative estimate of drug-likeness (QED) is 0.859. The largest absolute Gasteiger partial charge is 0.447 e. The van der Waals surface area contributed by atoms with Crippen LogP contribution in [0.25, 0.3) is 0 Å². The van der Waals surface area contributed by atoms with E-state index in [1.54, 1.807) is 54.6 Å². The molecule has 0 unspecified atom stereocenters. The number of alkyl carbamates (subject to hydrolysis) is 1. The molecule has 0 saturated heterocycles. The second kappa shape index (κ2) is 6.96. The summed E-state index contributed by atoms with van der Waals surface area (Å²) in [7, 11) is 0. The Labute approximate surface area is 143 Å². The van der Waals surface area contributed by atoms with Gasteiger partial charge in [0, 0.05) is 5.56 Å². The van der Waals surface area contributed by atoms with Gasteiger partial charge in [-0.2, -0.15) is 0 Å². The fourth-order valence-corrected chi connectivity index (χ4v) is 2.46. The number of ether oxygens (including phenoxy) is 1. The predicted molar refractivity (Wildman–Crippen MR) is 87.1 cm³/mol. The Morgan fingerprint density at radius 1 is 0.880 bits per heavy atom. The number of fused-ring (bicyclic) bond motifs is 1. The van der Waals surface area contributed by atoms with Gasteiger partial charge >= 0.3 is 6.09 Å². The number of amides is 4. The second-order valence-electron chi connectivity index (χ2n) is 5.26. The standard InChI is InChI=1S/C18H14N2O5/c21-15(12-6-2-1-3-7-12)19-18(24)25-11-10-20-16(22)13-8-4-5-9-14(13)17(20)23/h1-9H,10-11H2,(H,19,21,24). The zero-order valence-electron chi connectivity index (χ0n) is 13.1. The molecular weight excluding hydrogens is 324 g/mol. The van der Waals surface area contributed by atoms with E-state index in [0.29, 0.717) is 16.7 Å². The Kier molecular flexibility index (Phi) is 4.56. The minimum atomic E-state index is -0.939. The molecule has 3 rings (SSSR count). The monoisotopic (exact) mass is 338 g/mol. The Bertz CT molecular complexity index is 813. The number of nitrogens with one attached hydrogen (secondary N) is 1. The summed E-state index contributed by atoms with van der Waals surface area (Å²) in [5.74, 6) is -1.44. The van der Waals surface area contributed by atoms with Crippen LogP contribution in [0.2, 0.25) is 0 Å². The molecule has 7 nitrogen and oxygen atoms in total. The summed E-state index contributed by atoms with van der Waals surface area (Å²) in [5, 5.41) is 2.07. The van der Waals surface area contributed by atoms with Crippen molar-refractivity contribution in [3.05, 3.63) is 71.3 Å². The van der Waals surface area contributed by atoms with Crippen LogP contribution in [0.5, 0.6) is 0 Å². The van der Waals surface area contributed by atoms with Gasteiger partial charge in [0.15, 0.2) is 0 Å². The van der Waals surface area contributed by atoms with Crippen molar-refractivity contribution in [2.45, 2.75) is 0 Å². The van der Waals surface area contributed by atoms with E-state index in [4.69, 9.17) is 4.74 Å². The summed E-state index contributed by atoms with van der Waals surface area (Å²) in [5.41, 5.74) is 0.979. The van der Waals surface area contributed by atoms with Crippen molar-refractivity contribution in [2.24, 2.45) is 0 Å². The van der Waals surface area contributed by atoms with Gasteiger partial charge in [-0.25, -0.2) is 4.79 Å². The van der Waals surface area contributed by atoms with Crippen LogP contribution in [-0.2, 0) is 4.74 Å². The van der Waals surface area contributed by atoms with Crippen molar-refractivity contribution in [3.63, 3.8) is 0 Å². The molecule has 1 aliphatic rings. The van der Waals surface area contributed by atoms with Gasteiger partial charge in [0.25, 0.3) is 17.7 Å². The van der Waals surface area contributed by atoms with E-state index in [1.165, 1.54) is 0 Å². The van der Waals surface area contributed by atoms with Crippen molar-refractivity contribution < 1.29 is 23.9 Å². The summed E-state index contributed by atoms with van der Waals surface area (Å²) in [6, 6.07) is 14.7. The van der Waals surface area contributed by atoms with Crippen LogP contribution in [0.4, 0.5) is 4.79 Å². The number of benzene rings is 2. The van der Waals surface area contributed by atoms with Crippen molar-refractivity contribution in [3.8, 4) is 0 Å². The SMILES string of the molecule is O=C(NC(=O)c1ccccc1)OCCN1C(=O)c2ccccc2C1=O. The molecule has 1 N–H and O–H groups in total. The fourth-order valence-electron chi connectivity index (χ4n) is 2.46. The Morgan fingerprint density at radius 2 is 1.44 bits per heavy atom. The highest BCUT2D eigenvalue weighted by Gasteiger charge is 2.34. The van der Waals surface area contributed by atoms with Crippen molar-refractivity contribution >= 4 is 23.8 Å². The van der Waals surface area contributed by atoms with E-state index in [1.807, 2.05) is 0 Å². The molecule has 1 heterocycles. The molecule has 0 radical (unpaired) electrons. The molecule has 25 heavy (non-hydrogen) atoms. The molecule has 0 aliphatic carbocycles. The Morgan fingerprint density at radius 3 is 2.04 bits per heavy atom. The summed E-state index contributed by atoms with van der Waals surface area (Å²) >= 11 is 0. The zero-order chi connectivity index (χ0) is 17.8. The van der Waals surface area contributed by atoms with Gasteiger partial charge in [0.1, 0.15) is 6.61 Å². The molecular formula is C18H14N2O5. The third kappa shape index (κ3) is 3.40. The number of carbonyl (C=O) groups excluding carboxylic acids is 4. The van der Waals surface area contributed by atoms with E-state index >= 15 is 0 Å². The maximum atomic E-state index is 12.1. The normalized spacial score (nSPS) is 12.7. The van der Waals surface area contributed by atoms with E-state index < -0.39 is 23.8 Å². The summed E-state index contributed by atoms with van der Waals surface area (Å²) < 4.78 is 4.87. The second-order valence-corrected chi connectivity index (χ2v) is 5.26. The summed E-state index contributed by atoms with van der Waals surface area (Å²) in [6.07, 6.45) is -0.939. The number of carbonyl (C=O) groups is 4. The first-order valence-electron chi connectivity index (χ1n) is 7.56. The van der Waals surface area contributed by atoms with Crippen LogP contribution >= 0.6 is 0 Å². The third-order valence-corrected chi connectivity index (χ3v) is 3.68. The first kappa shape index (κ1) is 16.4. The molecule has 7 heteroatoms. The van der Waals surface area contributed by atoms with E-state index in [9.17, 15) is 19.2 Å². The zero-order valence-corrected chi connectivity index (χ0v) is 13.1. The number of rotatable bonds is 4. The molecule has 4 amide bonds. The fraction of sp³-hybridized carbons (Fsp3) is 0.111. The first-order chi connectivity index (χ1) is 12.1. The number of nitrogens with zero attached hydrogens (tertiary/aromatic N) is 1. The maximum Gasteiger partial charge on any atom is 0.414 e. The molecule has 0 aromatic heterocycles. The first-order valence-corrected chi connectivity index (χ1v) is 7.56. The molecule has 2 aromatic rings. The lowest BCUT2D eigenvalue weighted by Crippen LogP contribution is -2.36. The van der Waals surface area contributed by atoms with Gasteiger partial charge in [0.05, 0.1) is 17.7 Å². The molecule has 126 valence electrons. The van der Waals surface area contributed by atoms with Gasteiger partial charge in [-0.15, -0.1) is 0 Å². The van der Waals surface area contributed by atoms with Crippen molar-refractivity contribution in [2.75, 3.05) is 13.2 Å². The van der Waals surface area contributed by atoms with Gasteiger partial charge in [-0.1, -0.05) is 30.3 Å². The Balaban J connectivity index is 1.50. The molecule has 0 atom stereocenters. The molecule has 2 aromatic carbocycles. The highest BCUT2D eigenvalue weighted by molar-refractivity contribution is 6.21. The minimum absolute atomic E-state index is 0.0840. The predicted octanol–water partition coefficient (Wildman–Crippen LogP) is 1.85. The van der Waals surface area contributed by atoms with Gasteiger partial charge in [-0.05, 0) is 24.3 Å². The molecule has 0 saturated carbocycles. The van der Waals surface area contributed by atoms with Crippen LogP contribution in [0, 0.1) is 0 Å². The topological polar surface area (TPSA) is 92.8 Å².